The lowest BCUT2D eigenvalue weighted by Crippen LogP contribution is -2.42. The summed E-state index contributed by atoms with van der Waals surface area (Å²) in [4.78, 5) is 19.6. The van der Waals surface area contributed by atoms with E-state index in [9.17, 15) is 10.1 Å². The van der Waals surface area contributed by atoms with E-state index < -0.39 is 0 Å². The van der Waals surface area contributed by atoms with Crippen molar-refractivity contribution in [1.29, 1.82) is 5.26 Å². The first-order valence-electron chi connectivity index (χ1n) is 9.40. The minimum Gasteiger partial charge on any atom is -0.382 e. The summed E-state index contributed by atoms with van der Waals surface area (Å²) in [5.41, 5.74) is 2.89. The summed E-state index contributed by atoms with van der Waals surface area (Å²) in [5, 5.41) is 19.6. The molecule has 0 unspecified atom stereocenters. The highest BCUT2D eigenvalue weighted by molar-refractivity contribution is 6.03. The molecule has 4 rings (SSSR count). The molecule has 0 bridgehead atoms. The Morgan fingerprint density at radius 2 is 2.17 bits per heavy atom. The van der Waals surface area contributed by atoms with Crippen LogP contribution in [0.15, 0.2) is 48.7 Å². The van der Waals surface area contributed by atoms with Crippen molar-refractivity contribution in [1.82, 2.24) is 14.8 Å². The van der Waals surface area contributed by atoms with Gasteiger partial charge >= 0.3 is 6.03 Å². The summed E-state index contributed by atoms with van der Waals surface area (Å²) in [6.45, 7) is 2.74. The van der Waals surface area contributed by atoms with Crippen LogP contribution in [0, 0.1) is 11.3 Å². The quantitative estimate of drug-likeness (QED) is 0.700. The summed E-state index contributed by atoms with van der Waals surface area (Å²) in [5.74, 6) is 1.05. The molecule has 1 aliphatic rings. The zero-order valence-electron chi connectivity index (χ0n) is 16.3. The van der Waals surface area contributed by atoms with Crippen molar-refractivity contribution in [3.8, 4) is 17.3 Å². The summed E-state index contributed by atoms with van der Waals surface area (Å²) in [6, 6.07) is 14.7. The lowest BCUT2D eigenvalue weighted by atomic mass is 10.1. The molecule has 2 N–H and O–H groups in total. The zero-order valence-corrected chi connectivity index (χ0v) is 16.3. The van der Waals surface area contributed by atoms with E-state index in [1.54, 1.807) is 41.0 Å². The predicted octanol–water partition coefficient (Wildman–Crippen LogP) is 3.60. The van der Waals surface area contributed by atoms with Crippen LogP contribution in [0.25, 0.3) is 11.3 Å². The number of hydrogen-bond donors (Lipinski definition) is 2. The smallest absolute Gasteiger partial charge is 0.329 e. The summed E-state index contributed by atoms with van der Waals surface area (Å²) >= 11 is 0. The van der Waals surface area contributed by atoms with Gasteiger partial charge in [-0.2, -0.15) is 10.4 Å². The van der Waals surface area contributed by atoms with Gasteiger partial charge in [-0.05, 0) is 37.6 Å². The minimum atomic E-state index is -0.281. The molecule has 3 heterocycles. The molecule has 1 aromatic carbocycles. The number of nitriles is 1. The van der Waals surface area contributed by atoms with E-state index in [1.165, 1.54) is 0 Å². The van der Waals surface area contributed by atoms with Gasteiger partial charge in [0.1, 0.15) is 0 Å². The number of rotatable bonds is 2. The van der Waals surface area contributed by atoms with Crippen LogP contribution in [0.5, 0.6) is 0 Å². The van der Waals surface area contributed by atoms with E-state index in [4.69, 9.17) is 4.98 Å². The van der Waals surface area contributed by atoms with Gasteiger partial charge in [-0.3, -0.25) is 14.9 Å². The average molecular weight is 387 g/mol. The first kappa shape index (κ1) is 18.5. The highest BCUT2D eigenvalue weighted by Gasteiger charge is 2.29. The van der Waals surface area contributed by atoms with Gasteiger partial charge in [-0.15, -0.1) is 0 Å². The van der Waals surface area contributed by atoms with Crippen LogP contribution in [0.2, 0.25) is 0 Å². The van der Waals surface area contributed by atoms with Crippen LogP contribution < -0.4 is 15.5 Å². The fraction of sp³-hybridized carbons (Fsp3) is 0.238. The molecular formula is C21H21N7O. The number of aromatic nitrogens is 3. The minimum absolute atomic E-state index is 0.0549. The number of fused-ring (bicyclic) bond motifs is 1. The van der Waals surface area contributed by atoms with Crippen LogP contribution in [0.4, 0.5) is 22.1 Å². The van der Waals surface area contributed by atoms with Crippen LogP contribution >= 0.6 is 0 Å². The van der Waals surface area contributed by atoms with Crippen molar-refractivity contribution in [2.75, 3.05) is 22.1 Å². The van der Waals surface area contributed by atoms with Gasteiger partial charge in [0.25, 0.3) is 0 Å². The molecule has 146 valence electrons. The molecule has 8 nitrogen and oxygen atoms in total. The van der Waals surface area contributed by atoms with Crippen molar-refractivity contribution < 1.29 is 4.79 Å². The monoisotopic (exact) mass is 387 g/mol. The van der Waals surface area contributed by atoms with E-state index in [0.29, 0.717) is 22.9 Å². The number of nitrogens with zero attached hydrogens (tertiary/aromatic N) is 5. The topological polar surface area (TPSA) is 98.9 Å². The number of carbonyl (C=O) groups is 1. The predicted molar refractivity (Wildman–Crippen MR) is 112 cm³/mol. The Morgan fingerprint density at radius 1 is 1.31 bits per heavy atom. The van der Waals surface area contributed by atoms with Crippen molar-refractivity contribution in [3.63, 3.8) is 0 Å². The molecule has 8 heteroatoms. The molecule has 2 amide bonds. The average Bonchev–Trinajstić information content (AvgIpc) is 3.05. The first-order valence-corrected chi connectivity index (χ1v) is 9.40. The Morgan fingerprint density at radius 3 is 2.93 bits per heavy atom. The third-order valence-corrected chi connectivity index (χ3v) is 4.88. The highest BCUT2D eigenvalue weighted by Crippen LogP contribution is 2.32. The Labute approximate surface area is 168 Å². The van der Waals surface area contributed by atoms with Crippen LogP contribution in [-0.2, 0) is 7.05 Å². The number of pyridine rings is 1. The molecule has 3 aromatic rings. The number of nitrogens with one attached hydrogen (secondary N) is 2. The van der Waals surface area contributed by atoms with Crippen molar-refractivity contribution in [3.05, 3.63) is 54.2 Å². The summed E-state index contributed by atoms with van der Waals surface area (Å²) in [6.07, 6.45) is 2.56. The second-order valence-corrected chi connectivity index (χ2v) is 7.00. The third kappa shape index (κ3) is 3.75. The number of hydrogen-bond acceptors (Lipinski definition) is 5. The van der Waals surface area contributed by atoms with Gasteiger partial charge in [-0.25, -0.2) is 9.78 Å². The lowest BCUT2D eigenvalue weighted by molar-refractivity contribution is 0.255. The van der Waals surface area contributed by atoms with Gasteiger partial charge in [0.05, 0.1) is 23.0 Å². The highest BCUT2D eigenvalue weighted by atomic mass is 16.2. The Balaban J connectivity index is 1.73. The molecule has 0 fully saturated rings. The lowest BCUT2D eigenvalue weighted by Gasteiger charge is -2.27. The number of benzene rings is 1. The van der Waals surface area contributed by atoms with Crippen LogP contribution in [-0.4, -0.2) is 33.4 Å². The van der Waals surface area contributed by atoms with Gasteiger partial charge in [0.15, 0.2) is 11.6 Å². The van der Waals surface area contributed by atoms with Crippen molar-refractivity contribution in [2.45, 2.75) is 19.4 Å². The molecular weight excluding hydrogens is 366 g/mol. The molecule has 0 saturated carbocycles. The van der Waals surface area contributed by atoms with Gasteiger partial charge in [-0.1, -0.05) is 12.1 Å². The van der Waals surface area contributed by atoms with Gasteiger partial charge in [0, 0.05) is 37.5 Å². The summed E-state index contributed by atoms with van der Waals surface area (Å²) in [7, 11) is 1.80. The van der Waals surface area contributed by atoms with E-state index >= 15 is 0 Å². The maximum absolute atomic E-state index is 13.1. The fourth-order valence-electron chi connectivity index (χ4n) is 3.38. The largest absolute Gasteiger partial charge is 0.382 e. The fourth-order valence-corrected chi connectivity index (χ4v) is 3.38. The van der Waals surface area contributed by atoms with Crippen molar-refractivity contribution in [2.24, 2.45) is 7.05 Å². The zero-order chi connectivity index (χ0) is 20.4. The van der Waals surface area contributed by atoms with E-state index in [1.807, 2.05) is 31.2 Å². The van der Waals surface area contributed by atoms with Crippen LogP contribution in [0.1, 0.15) is 18.9 Å². The Hall–Kier alpha value is -3.86. The molecule has 0 spiro atoms. The van der Waals surface area contributed by atoms with E-state index in [0.717, 1.165) is 24.2 Å². The number of amides is 2. The third-order valence-electron chi connectivity index (χ3n) is 4.88. The van der Waals surface area contributed by atoms with E-state index in [2.05, 4.69) is 21.8 Å². The number of urea groups is 1. The standard InChI is InChI=1S/C21H21N7O/c1-14-8-10-23-18-7-6-17(16-5-3-4-15(12-16)13-22)24-20(18)28(14)21(29)25-19-9-11-27(2)26-19/h3-7,9,11-12,14,23H,8,10H2,1-2H3,(H,25,26,29)/t14-/m1/s1. The Bertz CT molecular complexity index is 1100. The normalized spacial score (nSPS) is 15.6. The van der Waals surface area contributed by atoms with Gasteiger partial charge in [0.2, 0.25) is 0 Å². The molecule has 0 aliphatic carbocycles. The van der Waals surface area contributed by atoms with E-state index in [-0.39, 0.29) is 12.1 Å². The summed E-state index contributed by atoms with van der Waals surface area (Å²) < 4.78 is 1.63. The van der Waals surface area contributed by atoms with Gasteiger partial charge < -0.3 is 5.32 Å². The Kier molecular flexibility index (Phi) is 4.87. The molecule has 0 radical (unpaired) electrons. The number of carbonyl (C=O) groups excluding carboxylic acids is 1. The van der Waals surface area contributed by atoms with Crippen LogP contribution in [0.3, 0.4) is 0 Å². The SMILES string of the molecule is C[C@@H]1CCNc2ccc(-c3cccc(C#N)c3)nc2N1C(=O)Nc1ccn(C)n1. The molecule has 2 aromatic heterocycles. The number of anilines is 3. The maximum Gasteiger partial charge on any atom is 0.329 e. The molecule has 1 aliphatic heterocycles. The maximum atomic E-state index is 13.1. The van der Waals surface area contributed by atoms with Crippen molar-refractivity contribution >= 4 is 23.4 Å². The molecule has 0 saturated heterocycles. The second kappa shape index (κ2) is 7.64. The molecule has 1 atom stereocenters. The number of aryl methyl sites for hydroxylation is 1. The first-order chi connectivity index (χ1) is 14.0. The second-order valence-electron chi connectivity index (χ2n) is 7.00. The molecule has 29 heavy (non-hydrogen) atoms.